The number of nitro benzene ring substituents is 1. The maximum atomic E-state index is 12.0. The Morgan fingerprint density at radius 3 is 2.26 bits per heavy atom. The Hall–Kier alpha value is -2.17. The molecule has 0 unspecified atom stereocenters. The van der Waals surface area contributed by atoms with Crippen molar-refractivity contribution in [3.8, 4) is 0 Å². The molecule has 104 valence electrons. The van der Waals surface area contributed by atoms with Gasteiger partial charge in [-0.15, -0.1) is 0 Å². The van der Waals surface area contributed by atoms with Crippen LogP contribution in [0, 0.1) is 10.1 Å². The molecule has 0 saturated heterocycles. The fourth-order valence-electron chi connectivity index (χ4n) is 1.06. The zero-order valence-electron chi connectivity index (χ0n) is 8.84. The Kier molecular flexibility index (Phi) is 3.79. The van der Waals surface area contributed by atoms with Crippen LogP contribution < -0.4 is 4.72 Å². The first-order valence-electron chi connectivity index (χ1n) is 4.43. The van der Waals surface area contributed by atoms with E-state index in [4.69, 9.17) is 0 Å². The minimum Gasteiger partial charge on any atom is -0.268 e. The van der Waals surface area contributed by atoms with Crippen molar-refractivity contribution >= 4 is 21.6 Å². The van der Waals surface area contributed by atoms with Gasteiger partial charge in [0, 0.05) is 6.07 Å². The van der Waals surface area contributed by atoms with E-state index < -0.39 is 37.6 Å². The number of para-hydroxylation sites is 1. The predicted molar refractivity (Wildman–Crippen MR) is 55.5 cm³/mol. The monoisotopic (exact) mass is 298 g/mol. The number of nitrogens with one attached hydrogen (secondary N) is 1. The predicted octanol–water partition coefficient (Wildman–Crippen LogP) is 1.17. The molecule has 0 aliphatic rings. The van der Waals surface area contributed by atoms with Crippen molar-refractivity contribution in [3.63, 3.8) is 0 Å². The quantitative estimate of drug-likeness (QED) is 0.666. The lowest BCUT2D eigenvalue weighted by molar-refractivity contribution is -0.385. The summed E-state index contributed by atoms with van der Waals surface area (Å²) < 4.78 is 58.2. The summed E-state index contributed by atoms with van der Waals surface area (Å²) in [4.78, 5) is 20.9. The first-order valence-corrected chi connectivity index (χ1v) is 5.91. The third-order valence-corrected chi connectivity index (χ3v) is 2.94. The van der Waals surface area contributed by atoms with Crippen LogP contribution in [0.25, 0.3) is 0 Å². The number of halogens is 3. The molecule has 0 aromatic heterocycles. The van der Waals surface area contributed by atoms with E-state index in [-0.39, 0.29) is 0 Å². The number of hydrogen-bond acceptors (Lipinski definition) is 5. The van der Waals surface area contributed by atoms with Gasteiger partial charge in [0.15, 0.2) is 0 Å². The summed E-state index contributed by atoms with van der Waals surface area (Å²) >= 11 is 0. The van der Waals surface area contributed by atoms with Crippen LogP contribution in [-0.2, 0) is 10.0 Å². The number of amides is 1. The summed E-state index contributed by atoms with van der Waals surface area (Å²) in [5.41, 5.74) is -7.29. The standard InChI is InChI=1S/C8H5F3N2O5S/c9-8(10,11)19(17,18)12-7(14)5-3-1-2-4-6(5)13(15)16/h1-4H,(H,12,14). The summed E-state index contributed by atoms with van der Waals surface area (Å²) in [7, 11) is -5.91. The molecule has 0 atom stereocenters. The molecule has 0 aliphatic carbocycles. The summed E-state index contributed by atoms with van der Waals surface area (Å²) in [5, 5.41) is 10.5. The zero-order chi connectivity index (χ0) is 14.8. The van der Waals surface area contributed by atoms with Gasteiger partial charge in [-0.05, 0) is 6.07 Å². The molecule has 1 aromatic carbocycles. The molecule has 0 aliphatic heterocycles. The third kappa shape index (κ3) is 3.19. The molecule has 7 nitrogen and oxygen atoms in total. The Morgan fingerprint density at radius 1 is 1.26 bits per heavy atom. The van der Waals surface area contributed by atoms with Crippen molar-refractivity contribution < 1.29 is 31.3 Å². The molecule has 0 fully saturated rings. The van der Waals surface area contributed by atoms with E-state index in [1.165, 1.54) is 6.07 Å². The summed E-state index contributed by atoms with van der Waals surface area (Å²) in [6, 6.07) is 4.00. The van der Waals surface area contributed by atoms with Crippen LogP contribution >= 0.6 is 0 Å². The van der Waals surface area contributed by atoms with E-state index >= 15 is 0 Å². The van der Waals surface area contributed by atoms with Crippen molar-refractivity contribution in [2.75, 3.05) is 0 Å². The third-order valence-electron chi connectivity index (χ3n) is 1.88. The van der Waals surface area contributed by atoms with Gasteiger partial charge in [0.2, 0.25) is 0 Å². The Bertz CT molecular complexity index is 626. The first kappa shape index (κ1) is 14.9. The number of carbonyl (C=O) groups excluding carboxylic acids is 1. The second-order valence-corrected chi connectivity index (χ2v) is 4.83. The number of hydrogen-bond donors (Lipinski definition) is 1. The molecule has 0 bridgehead atoms. The van der Waals surface area contributed by atoms with E-state index in [0.717, 1.165) is 18.2 Å². The largest absolute Gasteiger partial charge is 0.516 e. The number of carbonyl (C=O) groups is 1. The van der Waals surface area contributed by atoms with E-state index in [1.807, 2.05) is 0 Å². The van der Waals surface area contributed by atoms with Gasteiger partial charge >= 0.3 is 15.5 Å². The number of alkyl halides is 3. The van der Waals surface area contributed by atoms with Gasteiger partial charge in [0.05, 0.1) is 4.92 Å². The number of rotatable bonds is 3. The van der Waals surface area contributed by atoms with E-state index in [0.29, 0.717) is 4.72 Å². The lowest BCUT2D eigenvalue weighted by atomic mass is 10.2. The van der Waals surface area contributed by atoms with Crippen LogP contribution in [0.3, 0.4) is 0 Å². The van der Waals surface area contributed by atoms with Crippen LogP contribution in [0.2, 0.25) is 0 Å². The summed E-state index contributed by atoms with van der Waals surface area (Å²) in [6.07, 6.45) is 0. The average molecular weight is 298 g/mol. The lowest BCUT2D eigenvalue weighted by Gasteiger charge is -2.09. The van der Waals surface area contributed by atoms with Gasteiger partial charge in [-0.2, -0.15) is 21.6 Å². The highest BCUT2D eigenvalue weighted by molar-refractivity contribution is 7.90. The van der Waals surface area contributed by atoms with Crippen molar-refractivity contribution in [2.45, 2.75) is 5.51 Å². The molecular weight excluding hydrogens is 293 g/mol. The van der Waals surface area contributed by atoms with Crippen molar-refractivity contribution in [2.24, 2.45) is 0 Å². The molecule has 1 N–H and O–H groups in total. The number of nitrogens with zero attached hydrogens (tertiary/aromatic N) is 1. The number of benzene rings is 1. The topological polar surface area (TPSA) is 106 Å². The van der Waals surface area contributed by atoms with Crippen LogP contribution in [0.1, 0.15) is 10.4 Å². The van der Waals surface area contributed by atoms with Gasteiger partial charge in [0.1, 0.15) is 5.56 Å². The second-order valence-electron chi connectivity index (χ2n) is 3.15. The lowest BCUT2D eigenvalue weighted by Crippen LogP contribution is -2.40. The highest BCUT2D eigenvalue weighted by Crippen LogP contribution is 2.23. The van der Waals surface area contributed by atoms with Crippen molar-refractivity contribution in [1.82, 2.24) is 4.72 Å². The zero-order valence-corrected chi connectivity index (χ0v) is 9.66. The fourth-order valence-corrected chi connectivity index (χ4v) is 1.53. The van der Waals surface area contributed by atoms with Crippen LogP contribution in [0.15, 0.2) is 24.3 Å². The first-order chi connectivity index (χ1) is 8.56. The Balaban J connectivity index is 3.14. The van der Waals surface area contributed by atoms with Crippen LogP contribution in [0.5, 0.6) is 0 Å². The maximum Gasteiger partial charge on any atom is 0.516 e. The van der Waals surface area contributed by atoms with Gasteiger partial charge in [-0.1, -0.05) is 12.1 Å². The second kappa shape index (κ2) is 4.84. The summed E-state index contributed by atoms with van der Waals surface area (Å²) in [5.74, 6) is -1.73. The minimum absolute atomic E-state index is 0.712. The van der Waals surface area contributed by atoms with Crippen molar-refractivity contribution in [1.29, 1.82) is 0 Å². The van der Waals surface area contributed by atoms with E-state index in [1.54, 1.807) is 0 Å². The highest BCUT2D eigenvalue weighted by Gasteiger charge is 2.47. The van der Waals surface area contributed by atoms with Crippen molar-refractivity contribution in [3.05, 3.63) is 39.9 Å². The normalized spacial score (nSPS) is 11.9. The maximum absolute atomic E-state index is 12.0. The number of nitro groups is 1. The Labute approximate surface area is 104 Å². The molecule has 1 amide bonds. The molecule has 19 heavy (non-hydrogen) atoms. The van der Waals surface area contributed by atoms with E-state index in [9.17, 15) is 36.5 Å². The fraction of sp³-hybridized carbons (Fsp3) is 0.125. The summed E-state index contributed by atoms with van der Waals surface area (Å²) in [6.45, 7) is 0. The van der Waals surface area contributed by atoms with Gasteiger partial charge < -0.3 is 0 Å². The molecule has 1 rings (SSSR count). The smallest absolute Gasteiger partial charge is 0.268 e. The Morgan fingerprint density at radius 2 is 1.79 bits per heavy atom. The molecular formula is C8H5F3N2O5S. The van der Waals surface area contributed by atoms with Crippen LogP contribution in [-0.4, -0.2) is 24.8 Å². The molecule has 0 heterocycles. The number of sulfonamides is 1. The van der Waals surface area contributed by atoms with Crippen LogP contribution in [0.4, 0.5) is 18.9 Å². The molecule has 1 aromatic rings. The highest BCUT2D eigenvalue weighted by atomic mass is 32.2. The minimum atomic E-state index is -5.91. The molecule has 0 radical (unpaired) electrons. The SMILES string of the molecule is O=C(NS(=O)(=O)C(F)(F)F)c1ccccc1[N+](=O)[O-]. The van der Waals surface area contributed by atoms with E-state index in [2.05, 4.69) is 0 Å². The van der Waals surface area contributed by atoms with Gasteiger partial charge in [-0.3, -0.25) is 14.9 Å². The molecule has 0 spiro atoms. The molecule has 0 saturated carbocycles. The van der Waals surface area contributed by atoms with Gasteiger partial charge in [0.25, 0.3) is 11.6 Å². The van der Waals surface area contributed by atoms with Gasteiger partial charge in [-0.25, -0.2) is 4.72 Å². The average Bonchev–Trinajstić information content (AvgIpc) is 2.26. The molecule has 11 heteroatoms.